The fourth-order valence-corrected chi connectivity index (χ4v) is 4.52. The van der Waals surface area contributed by atoms with Crippen LogP contribution in [0.3, 0.4) is 0 Å². The molecule has 3 heterocycles. The minimum absolute atomic E-state index is 0. The molecule has 2 fully saturated rings. The van der Waals surface area contributed by atoms with E-state index >= 15 is 0 Å². The van der Waals surface area contributed by atoms with Crippen molar-refractivity contribution in [2.75, 3.05) is 7.05 Å². The van der Waals surface area contributed by atoms with Gasteiger partial charge in [0.15, 0.2) is 0 Å². The molecule has 0 aromatic carbocycles. The summed E-state index contributed by atoms with van der Waals surface area (Å²) in [6.07, 6.45) is 6.17. The van der Waals surface area contributed by atoms with E-state index in [1.807, 2.05) is 23.4 Å². The molecule has 118 valence electrons. The Morgan fingerprint density at radius 3 is 2.67 bits per heavy atom. The van der Waals surface area contributed by atoms with Gasteiger partial charge in [0.05, 0.1) is 5.02 Å². The highest BCUT2D eigenvalue weighted by molar-refractivity contribution is 7.10. The summed E-state index contributed by atoms with van der Waals surface area (Å²) in [6, 6.07) is 3.65. The van der Waals surface area contributed by atoms with Crippen LogP contribution in [0.1, 0.15) is 37.0 Å². The molecule has 3 nitrogen and oxygen atoms in total. The molecule has 2 atom stereocenters. The van der Waals surface area contributed by atoms with Gasteiger partial charge in [-0.1, -0.05) is 11.6 Å². The molecule has 0 spiro atoms. The zero-order valence-corrected chi connectivity index (χ0v) is 14.6. The maximum atomic E-state index is 12.3. The minimum atomic E-state index is 0. The van der Waals surface area contributed by atoms with Crippen molar-refractivity contribution in [1.29, 1.82) is 0 Å². The van der Waals surface area contributed by atoms with E-state index in [4.69, 9.17) is 11.6 Å². The highest BCUT2D eigenvalue weighted by atomic mass is 35.5. The van der Waals surface area contributed by atoms with Crippen molar-refractivity contribution in [2.24, 2.45) is 0 Å². The highest BCUT2D eigenvalue weighted by Gasteiger charge is 2.36. The first-order chi connectivity index (χ1) is 9.61. The van der Waals surface area contributed by atoms with Gasteiger partial charge in [0, 0.05) is 41.9 Å². The number of nitrogens with one attached hydrogen (secondary N) is 1. The van der Waals surface area contributed by atoms with E-state index in [1.54, 1.807) is 11.3 Å². The van der Waals surface area contributed by atoms with Crippen LogP contribution in [0.15, 0.2) is 11.4 Å². The van der Waals surface area contributed by atoms with Gasteiger partial charge in [-0.2, -0.15) is 0 Å². The fraction of sp³-hybridized carbons (Fsp3) is 0.667. The van der Waals surface area contributed by atoms with Crippen LogP contribution in [0.4, 0.5) is 0 Å². The molecule has 0 radical (unpaired) electrons. The molecule has 6 heteroatoms. The summed E-state index contributed by atoms with van der Waals surface area (Å²) >= 11 is 7.54. The SMILES string of the molecule is CN(C(=O)CCc1cc(Cl)cs1)C1CC2CCC(C1)N2.Cl. The standard InChI is InChI=1S/C15H21ClN2OS.ClH/c1-18(13-7-11-2-3-12(8-13)17-11)15(19)5-4-14-6-10(16)9-20-14;/h6,9,11-13,17H,2-5,7-8H2,1H3;1H. The smallest absolute Gasteiger partial charge is 0.222 e. The quantitative estimate of drug-likeness (QED) is 0.902. The number of hydrogen-bond donors (Lipinski definition) is 1. The molecule has 0 aliphatic carbocycles. The average Bonchev–Trinajstić information content (AvgIpc) is 3.01. The third-order valence-corrected chi connectivity index (χ3v) is 5.94. The Labute approximate surface area is 141 Å². The Kier molecular flexibility index (Phi) is 5.95. The van der Waals surface area contributed by atoms with E-state index in [9.17, 15) is 4.79 Å². The topological polar surface area (TPSA) is 32.3 Å². The number of aryl methyl sites for hydroxylation is 1. The second-order valence-corrected chi connectivity index (χ2v) is 7.43. The zero-order valence-electron chi connectivity index (χ0n) is 12.2. The number of fused-ring (bicyclic) bond motifs is 2. The Morgan fingerprint density at radius 1 is 1.43 bits per heavy atom. The lowest BCUT2D eigenvalue weighted by Gasteiger charge is -2.35. The van der Waals surface area contributed by atoms with E-state index in [1.165, 1.54) is 17.7 Å². The van der Waals surface area contributed by atoms with E-state index in [2.05, 4.69) is 5.32 Å². The molecular formula is C15H22Cl2N2OS. The molecule has 0 saturated carbocycles. The third-order valence-electron chi connectivity index (χ3n) is 4.60. The lowest BCUT2D eigenvalue weighted by atomic mass is 9.98. The number of nitrogens with zero attached hydrogens (tertiary/aromatic N) is 1. The van der Waals surface area contributed by atoms with Gasteiger partial charge in [-0.05, 0) is 38.2 Å². The molecular weight excluding hydrogens is 327 g/mol. The van der Waals surface area contributed by atoms with Crippen molar-refractivity contribution in [3.05, 3.63) is 21.3 Å². The van der Waals surface area contributed by atoms with Crippen molar-refractivity contribution in [2.45, 2.75) is 56.7 Å². The molecule has 1 N–H and O–H groups in total. The minimum Gasteiger partial charge on any atom is -0.343 e. The number of rotatable bonds is 4. The normalized spacial score (nSPS) is 27.2. The molecule has 2 aliphatic heterocycles. The first kappa shape index (κ1) is 17.1. The molecule has 1 aromatic rings. The van der Waals surface area contributed by atoms with E-state index < -0.39 is 0 Å². The first-order valence-electron chi connectivity index (χ1n) is 7.36. The van der Waals surface area contributed by atoms with Crippen LogP contribution in [0.25, 0.3) is 0 Å². The fourth-order valence-electron chi connectivity index (χ4n) is 3.44. The molecule has 2 unspecified atom stereocenters. The molecule has 2 aliphatic rings. The number of thiophene rings is 1. The molecule has 3 rings (SSSR count). The summed E-state index contributed by atoms with van der Waals surface area (Å²) < 4.78 is 0. The Hall–Kier alpha value is -0.290. The van der Waals surface area contributed by atoms with E-state index in [-0.39, 0.29) is 18.3 Å². The van der Waals surface area contributed by atoms with Gasteiger partial charge < -0.3 is 10.2 Å². The number of carbonyl (C=O) groups is 1. The van der Waals surface area contributed by atoms with E-state index in [0.29, 0.717) is 24.5 Å². The monoisotopic (exact) mass is 348 g/mol. The number of piperidine rings is 1. The number of hydrogen-bond acceptors (Lipinski definition) is 3. The van der Waals surface area contributed by atoms with Gasteiger partial charge in [0.1, 0.15) is 0 Å². The van der Waals surface area contributed by atoms with Crippen LogP contribution >= 0.6 is 35.3 Å². The zero-order chi connectivity index (χ0) is 14.1. The van der Waals surface area contributed by atoms with Gasteiger partial charge >= 0.3 is 0 Å². The highest BCUT2D eigenvalue weighted by Crippen LogP contribution is 2.29. The molecule has 2 bridgehead atoms. The maximum absolute atomic E-state index is 12.3. The Morgan fingerprint density at radius 2 is 2.10 bits per heavy atom. The largest absolute Gasteiger partial charge is 0.343 e. The summed E-state index contributed by atoms with van der Waals surface area (Å²) in [5.41, 5.74) is 0. The van der Waals surface area contributed by atoms with Crippen LogP contribution in [-0.2, 0) is 11.2 Å². The van der Waals surface area contributed by atoms with Gasteiger partial charge in [0.25, 0.3) is 0 Å². The molecule has 21 heavy (non-hydrogen) atoms. The van der Waals surface area contributed by atoms with Crippen LogP contribution in [0.2, 0.25) is 5.02 Å². The summed E-state index contributed by atoms with van der Waals surface area (Å²) in [5, 5.41) is 6.33. The van der Waals surface area contributed by atoms with Crippen LogP contribution < -0.4 is 5.32 Å². The first-order valence-corrected chi connectivity index (χ1v) is 8.62. The Balaban J connectivity index is 0.00000161. The summed E-state index contributed by atoms with van der Waals surface area (Å²) in [4.78, 5) is 15.5. The maximum Gasteiger partial charge on any atom is 0.222 e. The summed E-state index contributed by atoms with van der Waals surface area (Å²) in [5.74, 6) is 0.265. The van der Waals surface area contributed by atoms with Crippen molar-refractivity contribution in [1.82, 2.24) is 10.2 Å². The summed E-state index contributed by atoms with van der Waals surface area (Å²) in [7, 11) is 1.97. The number of amides is 1. The second kappa shape index (κ2) is 7.32. The van der Waals surface area contributed by atoms with Crippen LogP contribution in [0.5, 0.6) is 0 Å². The lowest BCUT2D eigenvalue weighted by Crippen LogP contribution is -2.48. The van der Waals surface area contributed by atoms with Crippen molar-refractivity contribution < 1.29 is 4.79 Å². The van der Waals surface area contributed by atoms with Gasteiger partial charge in [0.2, 0.25) is 5.91 Å². The van der Waals surface area contributed by atoms with E-state index in [0.717, 1.165) is 24.3 Å². The Bertz CT molecular complexity index is 482. The second-order valence-electron chi connectivity index (χ2n) is 6.00. The lowest BCUT2D eigenvalue weighted by molar-refractivity contribution is -0.132. The van der Waals surface area contributed by atoms with Gasteiger partial charge in [-0.15, -0.1) is 23.7 Å². The average molecular weight is 349 g/mol. The van der Waals surface area contributed by atoms with Crippen molar-refractivity contribution in [3.8, 4) is 0 Å². The predicted molar refractivity (Wildman–Crippen MR) is 90.6 cm³/mol. The predicted octanol–water partition coefficient (Wildman–Crippen LogP) is 3.50. The van der Waals surface area contributed by atoms with Crippen LogP contribution in [0, 0.1) is 0 Å². The number of halogens is 2. The molecule has 2 saturated heterocycles. The van der Waals surface area contributed by atoms with Crippen molar-refractivity contribution in [3.63, 3.8) is 0 Å². The third kappa shape index (κ3) is 4.13. The van der Waals surface area contributed by atoms with Crippen molar-refractivity contribution >= 4 is 41.3 Å². The summed E-state index contributed by atoms with van der Waals surface area (Å²) in [6.45, 7) is 0. The molecule has 1 aromatic heterocycles. The van der Waals surface area contributed by atoms with Crippen LogP contribution in [-0.4, -0.2) is 36.0 Å². The number of carbonyl (C=O) groups excluding carboxylic acids is 1. The van der Waals surface area contributed by atoms with Gasteiger partial charge in [-0.25, -0.2) is 0 Å². The molecule has 1 amide bonds. The van der Waals surface area contributed by atoms with Gasteiger partial charge in [-0.3, -0.25) is 4.79 Å².